The van der Waals surface area contributed by atoms with Crippen molar-refractivity contribution in [3.05, 3.63) is 64.9 Å². The van der Waals surface area contributed by atoms with Crippen molar-refractivity contribution in [2.45, 2.75) is 12.5 Å². The highest BCUT2D eigenvalue weighted by molar-refractivity contribution is 6.30. The van der Waals surface area contributed by atoms with E-state index in [4.69, 9.17) is 11.6 Å². The Hall–Kier alpha value is -2.40. The van der Waals surface area contributed by atoms with Crippen LogP contribution in [0.15, 0.2) is 48.5 Å². The Kier molecular flexibility index (Phi) is 4.30. The van der Waals surface area contributed by atoms with Crippen LogP contribution in [0.3, 0.4) is 0 Å². The standard InChI is InChI=1S/C17H14ClFN2O2/c18-12-3-7-15(8-4-12)21-10-14(9-16(21)22)20-17(23)11-1-5-13(19)6-2-11/h1-8,14H,9-10H2,(H,20,23)/t14-/m1/s1. The Bertz CT molecular complexity index is 731. The first-order valence-corrected chi connectivity index (χ1v) is 7.53. The molecule has 6 heteroatoms. The average Bonchev–Trinajstić information content (AvgIpc) is 2.89. The van der Waals surface area contributed by atoms with Crippen molar-refractivity contribution >= 4 is 29.1 Å². The van der Waals surface area contributed by atoms with Crippen LogP contribution >= 0.6 is 11.6 Å². The number of hydrogen-bond donors (Lipinski definition) is 1. The summed E-state index contributed by atoms with van der Waals surface area (Å²) in [5.74, 6) is -0.774. The van der Waals surface area contributed by atoms with Gasteiger partial charge in [0.1, 0.15) is 5.82 Å². The number of carbonyl (C=O) groups is 2. The van der Waals surface area contributed by atoms with E-state index in [2.05, 4.69) is 5.32 Å². The monoisotopic (exact) mass is 332 g/mol. The quantitative estimate of drug-likeness (QED) is 0.939. The minimum atomic E-state index is -0.397. The Balaban J connectivity index is 1.66. The molecule has 0 saturated carbocycles. The van der Waals surface area contributed by atoms with E-state index in [1.807, 2.05) is 0 Å². The lowest BCUT2D eigenvalue weighted by Gasteiger charge is -2.17. The summed E-state index contributed by atoms with van der Waals surface area (Å²) in [6.45, 7) is 0.396. The van der Waals surface area contributed by atoms with E-state index >= 15 is 0 Å². The third-order valence-electron chi connectivity index (χ3n) is 3.70. The second-order valence-corrected chi connectivity index (χ2v) is 5.80. The third kappa shape index (κ3) is 3.51. The van der Waals surface area contributed by atoms with Gasteiger partial charge in [-0.05, 0) is 48.5 Å². The molecular weight excluding hydrogens is 319 g/mol. The zero-order valence-electron chi connectivity index (χ0n) is 12.1. The molecule has 0 unspecified atom stereocenters. The van der Waals surface area contributed by atoms with Crippen molar-refractivity contribution in [2.75, 3.05) is 11.4 Å². The minimum Gasteiger partial charge on any atom is -0.347 e. The number of hydrogen-bond acceptors (Lipinski definition) is 2. The van der Waals surface area contributed by atoms with Gasteiger partial charge in [0.15, 0.2) is 0 Å². The Morgan fingerprint density at radius 2 is 1.78 bits per heavy atom. The van der Waals surface area contributed by atoms with Gasteiger partial charge in [-0.3, -0.25) is 9.59 Å². The van der Waals surface area contributed by atoms with Crippen molar-refractivity contribution in [2.24, 2.45) is 0 Å². The molecule has 1 aliphatic rings. The molecule has 0 aliphatic carbocycles. The number of carbonyl (C=O) groups excluding carboxylic acids is 2. The highest BCUT2D eigenvalue weighted by Crippen LogP contribution is 2.23. The van der Waals surface area contributed by atoms with Crippen LogP contribution in [0.5, 0.6) is 0 Å². The van der Waals surface area contributed by atoms with E-state index in [1.54, 1.807) is 29.2 Å². The Morgan fingerprint density at radius 1 is 1.13 bits per heavy atom. The molecular formula is C17H14ClFN2O2. The molecule has 1 N–H and O–H groups in total. The van der Waals surface area contributed by atoms with Gasteiger partial charge < -0.3 is 10.2 Å². The summed E-state index contributed by atoms with van der Waals surface area (Å²) >= 11 is 5.84. The largest absolute Gasteiger partial charge is 0.347 e. The van der Waals surface area contributed by atoms with Gasteiger partial charge in [0.2, 0.25) is 5.91 Å². The maximum Gasteiger partial charge on any atom is 0.251 e. The van der Waals surface area contributed by atoms with Gasteiger partial charge in [-0.2, -0.15) is 0 Å². The van der Waals surface area contributed by atoms with E-state index in [-0.39, 0.29) is 24.3 Å². The molecule has 0 bridgehead atoms. The smallest absolute Gasteiger partial charge is 0.251 e. The molecule has 0 spiro atoms. The summed E-state index contributed by atoms with van der Waals surface area (Å²) in [6, 6.07) is 12.0. The lowest BCUT2D eigenvalue weighted by atomic mass is 10.2. The molecule has 23 heavy (non-hydrogen) atoms. The van der Waals surface area contributed by atoms with E-state index in [0.29, 0.717) is 17.1 Å². The zero-order chi connectivity index (χ0) is 16.4. The summed E-state index contributed by atoms with van der Waals surface area (Å²) in [5, 5.41) is 3.40. The van der Waals surface area contributed by atoms with Crippen LogP contribution in [0.2, 0.25) is 5.02 Å². The van der Waals surface area contributed by atoms with Crippen molar-refractivity contribution in [1.82, 2.24) is 5.32 Å². The highest BCUT2D eigenvalue weighted by Gasteiger charge is 2.31. The number of anilines is 1. The Labute approximate surface area is 137 Å². The zero-order valence-corrected chi connectivity index (χ0v) is 12.9. The highest BCUT2D eigenvalue weighted by atomic mass is 35.5. The lowest BCUT2D eigenvalue weighted by molar-refractivity contribution is -0.117. The summed E-state index contributed by atoms with van der Waals surface area (Å²) in [4.78, 5) is 25.9. The molecule has 1 fully saturated rings. The number of amides is 2. The van der Waals surface area contributed by atoms with Gasteiger partial charge in [-0.1, -0.05) is 11.6 Å². The molecule has 2 amide bonds. The first-order valence-electron chi connectivity index (χ1n) is 7.15. The minimum absolute atomic E-state index is 0.0586. The van der Waals surface area contributed by atoms with E-state index in [9.17, 15) is 14.0 Å². The molecule has 4 nitrogen and oxygen atoms in total. The molecule has 1 saturated heterocycles. The van der Waals surface area contributed by atoms with Gasteiger partial charge >= 0.3 is 0 Å². The summed E-state index contributed by atoms with van der Waals surface area (Å²) < 4.78 is 12.9. The number of halogens is 2. The SMILES string of the molecule is O=C(N[C@@H]1CC(=O)N(c2ccc(Cl)cc2)C1)c1ccc(F)cc1. The first-order chi connectivity index (χ1) is 11.0. The number of nitrogens with zero attached hydrogens (tertiary/aromatic N) is 1. The molecule has 118 valence electrons. The fourth-order valence-electron chi connectivity index (χ4n) is 2.54. The maximum atomic E-state index is 12.9. The van der Waals surface area contributed by atoms with Crippen LogP contribution in [0.1, 0.15) is 16.8 Å². The van der Waals surface area contributed by atoms with Crippen molar-refractivity contribution in [3.63, 3.8) is 0 Å². The second kappa shape index (κ2) is 6.38. The van der Waals surface area contributed by atoms with Crippen molar-refractivity contribution < 1.29 is 14.0 Å². The predicted molar refractivity (Wildman–Crippen MR) is 86.1 cm³/mol. The van der Waals surface area contributed by atoms with Crippen LogP contribution in [0.4, 0.5) is 10.1 Å². The maximum absolute atomic E-state index is 12.9. The molecule has 1 aliphatic heterocycles. The topological polar surface area (TPSA) is 49.4 Å². The van der Waals surface area contributed by atoms with Crippen molar-refractivity contribution in [3.8, 4) is 0 Å². The van der Waals surface area contributed by atoms with E-state index in [1.165, 1.54) is 24.3 Å². The lowest BCUT2D eigenvalue weighted by Crippen LogP contribution is -2.37. The predicted octanol–water partition coefficient (Wildman–Crippen LogP) is 3.01. The van der Waals surface area contributed by atoms with Crippen molar-refractivity contribution in [1.29, 1.82) is 0 Å². The van der Waals surface area contributed by atoms with Crippen LogP contribution in [0, 0.1) is 5.82 Å². The summed E-state index contributed by atoms with van der Waals surface area (Å²) in [5.41, 5.74) is 1.11. The number of rotatable bonds is 3. The van der Waals surface area contributed by atoms with E-state index < -0.39 is 5.82 Å². The second-order valence-electron chi connectivity index (χ2n) is 5.36. The fourth-order valence-corrected chi connectivity index (χ4v) is 2.67. The molecule has 2 aromatic carbocycles. The summed E-state index contributed by atoms with van der Waals surface area (Å²) in [7, 11) is 0. The third-order valence-corrected chi connectivity index (χ3v) is 3.96. The molecule has 0 aromatic heterocycles. The first kappa shape index (κ1) is 15.5. The van der Waals surface area contributed by atoms with Gasteiger partial charge in [-0.25, -0.2) is 4.39 Å². The van der Waals surface area contributed by atoms with Crippen LogP contribution in [0.25, 0.3) is 0 Å². The molecule has 1 heterocycles. The Morgan fingerprint density at radius 3 is 2.43 bits per heavy atom. The molecule has 1 atom stereocenters. The van der Waals surface area contributed by atoms with Crippen LogP contribution in [-0.4, -0.2) is 24.4 Å². The normalized spacial score (nSPS) is 17.4. The van der Waals surface area contributed by atoms with Crippen LogP contribution in [-0.2, 0) is 4.79 Å². The van der Waals surface area contributed by atoms with Crippen LogP contribution < -0.4 is 10.2 Å². The number of nitrogens with one attached hydrogen (secondary N) is 1. The van der Waals surface area contributed by atoms with E-state index in [0.717, 1.165) is 5.69 Å². The summed E-state index contributed by atoms with van der Waals surface area (Å²) in [6.07, 6.45) is 0.232. The van der Waals surface area contributed by atoms with Gasteiger partial charge in [0.25, 0.3) is 5.91 Å². The number of benzene rings is 2. The van der Waals surface area contributed by atoms with Gasteiger partial charge in [0.05, 0.1) is 6.04 Å². The molecule has 2 aromatic rings. The van der Waals surface area contributed by atoms with Gasteiger partial charge in [-0.15, -0.1) is 0 Å². The molecule has 3 rings (SSSR count). The van der Waals surface area contributed by atoms with Gasteiger partial charge in [0, 0.05) is 29.2 Å². The fraction of sp³-hybridized carbons (Fsp3) is 0.176. The average molecular weight is 333 g/mol. The molecule has 0 radical (unpaired) electrons.